The Labute approximate surface area is 136 Å². The van der Waals surface area contributed by atoms with Crippen LogP contribution in [0.2, 0.25) is 0 Å². The summed E-state index contributed by atoms with van der Waals surface area (Å²) in [5.41, 5.74) is 3.34. The van der Waals surface area contributed by atoms with Crippen LogP contribution in [-0.4, -0.2) is 29.9 Å². The van der Waals surface area contributed by atoms with E-state index in [9.17, 15) is 9.59 Å². The Hall–Kier alpha value is -2.62. The fourth-order valence-electron chi connectivity index (χ4n) is 2.81. The summed E-state index contributed by atoms with van der Waals surface area (Å²) in [6.07, 6.45) is 0.673. The molecule has 0 aromatic heterocycles. The summed E-state index contributed by atoms with van der Waals surface area (Å²) in [7, 11) is 0. The van der Waals surface area contributed by atoms with Crippen LogP contribution in [0.3, 0.4) is 0 Å². The van der Waals surface area contributed by atoms with E-state index in [0.29, 0.717) is 19.5 Å². The van der Waals surface area contributed by atoms with Crippen molar-refractivity contribution < 1.29 is 9.59 Å². The zero-order valence-corrected chi connectivity index (χ0v) is 13.2. The van der Waals surface area contributed by atoms with Gasteiger partial charge in [0.1, 0.15) is 6.67 Å². The van der Waals surface area contributed by atoms with Crippen molar-refractivity contribution >= 4 is 17.5 Å². The van der Waals surface area contributed by atoms with E-state index in [1.807, 2.05) is 42.2 Å². The molecule has 118 valence electrons. The largest absolute Gasteiger partial charge is 0.354 e. The molecule has 1 aliphatic heterocycles. The lowest BCUT2D eigenvalue weighted by Gasteiger charge is -2.27. The minimum absolute atomic E-state index is 0.0747. The van der Waals surface area contributed by atoms with Crippen molar-refractivity contribution in [3.05, 3.63) is 54.6 Å². The molecule has 23 heavy (non-hydrogen) atoms. The molecule has 0 aliphatic carbocycles. The average molecular weight is 308 g/mol. The lowest BCUT2D eigenvalue weighted by molar-refractivity contribution is -0.138. The summed E-state index contributed by atoms with van der Waals surface area (Å²) in [6, 6.07) is 18.4. The number of amides is 2. The van der Waals surface area contributed by atoms with Gasteiger partial charge in [0, 0.05) is 25.1 Å². The summed E-state index contributed by atoms with van der Waals surface area (Å²) in [4.78, 5) is 27.0. The van der Waals surface area contributed by atoms with E-state index < -0.39 is 0 Å². The first-order chi connectivity index (χ1) is 11.2. The lowest BCUT2D eigenvalue weighted by atomic mass is 10.1. The van der Waals surface area contributed by atoms with E-state index in [2.05, 4.69) is 24.3 Å². The summed E-state index contributed by atoms with van der Waals surface area (Å²) in [5.74, 6) is -0.149. The number of hydrogen-bond acceptors (Lipinski definition) is 3. The molecular formula is C19H20N2O2. The van der Waals surface area contributed by atoms with Gasteiger partial charge in [-0.1, -0.05) is 42.5 Å². The number of imide groups is 1. The van der Waals surface area contributed by atoms with Crippen LogP contribution < -0.4 is 4.90 Å². The molecule has 0 N–H and O–H groups in total. The monoisotopic (exact) mass is 308 g/mol. The molecule has 0 unspecified atom stereocenters. The summed E-state index contributed by atoms with van der Waals surface area (Å²) in [5, 5.41) is 0. The quantitative estimate of drug-likeness (QED) is 0.796. The highest BCUT2D eigenvalue weighted by molar-refractivity contribution is 6.02. The number of nitrogens with zero attached hydrogens (tertiary/aromatic N) is 2. The maximum absolute atomic E-state index is 11.8. The molecule has 3 rings (SSSR count). The van der Waals surface area contributed by atoms with E-state index in [0.717, 1.165) is 17.8 Å². The van der Waals surface area contributed by atoms with Gasteiger partial charge < -0.3 is 4.90 Å². The first-order valence-corrected chi connectivity index (χ1v) is 7.92. The van der Waals surface area contributed by atoms with Crippen LogP contribution in [0.5, 0.6) is 0 Å². The molecule has 0 saturated carbocycles. The van der Waals surface area contributed by atoms with Crippen molar-refractivity contribution in [1.82, 2.24) is 4.90 Å². The highest BCUT2D eigenvalue weighted by Gasteiger charge is 2.29. The number of benzene rings is 2. The zero-order valence-electron chi connectivity index (χ0n) is 13.2. The zero-order chi connectivity index (χ0) is 16.2. The summed E-state index contributed by atoms with van der Waals surface area (Å²) in [6.45, 7) is 3.09. The molecule has 0 bridgehead atoms. The predicted octanol–water partition coefficient (Wildman–Crippen LogP) is 3.29. The Morgan fingerprint density at radius 1 is 0.870 bits per heavy atom. The van der Waals surface area contributed by atoms with Crippen LogP contribution in [0.25, 0.3) is 11.1 Å². The first-order valence-electron chi connectivity index (χ1n) is 7.92. The molecule has 0 spiro atoms. The highest BCUT2D eigenvalue weighted by atomic mass is 16.2. The lowest BCUT2D eigenvalue weighted by Crippen LogP contribution is -2.40. The van der Waals surface area contributed by atoms with Crippen LogP contribution >= 0.6 is 0 Å². The second kappa shape index (κ2) is 6.65. The number of carbonyl (C=O) groups is 2. The van der Waals surface area contributed by atoms with Crippen LogP contribution in [0, 0.1) is 0 Å². The minimum Gasteiger partial charge on any atom is -0.354 e. The van der Waals surface area contributed by atoms with Gasteiger partial charge in [-0.15, -0.1) is 0 Å². The summed E-state index contributed by atoms with van der Waals surface area (Å²) < 4.78 is 0. The van der Waals surface area contributed by atoms with Crippen molar-refractivity contribution in [2.75, 3.05) is 18.1 Å². The number of hydrogen-bond donors (Lipinski definition) is 0. The van der Waals surface area contributed by atoms with E-state index in [-0.39, 0.29) is 11.8 Å². The number of carbonyl (C=O) groups excluding carboxylic acids is 2. The molecule has 2 aromatic rings. The molecule has 0 radical (unpaired) electrons. The van der Waals surface area contributed by atoms with Gasteiger partial charge in [0.05, 0.1) is 0 Å². The van der Waals surface area contributed by atoms with Crippen molar-refractivity contribution in [2.24, 2.45) is 0 Å². The maximum atomic E-state index is 11.8. The first kappa shape index (κ1) is 15.3. The van der Waals surface area contributed by atoms with Crippen LogP contribution in [0.1, 0.15) is 19.8 Å². The Bertz CT molecular complexity index is 679. The van der Waals surface area contributed by atoms with Gasteiger partial charge in [-0.05, 0) is 30.2 Å². The predicted molar refractivity (Wildman–Crippen MR) is 90.9 cm³/mol. The van der Waals surface area contributed by atoms with Gasteiger partial charge in [0.2, 0.25) is 11.8 Å². The number of likely N-dealkylation sites (tertiary alicyclic amines) is 1. The molecule has 1 heterocycles. The number of rotatable bonds is 5. The summed E-state index contributed by atoms with van der Waals surface area (Å²) >= 11 is 0. The van der Waals surface area contributed by atoms with Crippen LogP contribution in [0.4, 0.5) is 5.69 Å². The molecule has 0 atom stereocenters. The Balaban J connectivity index is 1.77. The van der Waals surface area contributed by atoms with Gasteiger partial charge in [-0.2, -0.15) is 0 Å². The molecule has 1 fully saturated rings. The second-order valence-corrected chi connectivity index (χ2v) is 5.63. The van der Waals surface area contributed by atoms with Gasteiger partial charge in [0.25, 0.3) is 0 Å². The van der Waals surface area contributed by atoms with E-state index >= 15 is 0 Å². The third-order valence-electron chi connectivity index (χ3n) is 4.19. The Morgan fingerprint density at radius 2 is 1.43 bits per heavy atom. The fraction of sp³-hybridized carbons (Fsp3) is 0.263. The number of anilines is 1. The van der Waals surface area contributed by atoms with Gasteiger partial charge in [0.15, 0.2) is 0 Å². The van der Waals surface area contributed by atoms with Crippen LogP contribution in [-0.2, 0) is 9.59 Å². The Morgan fingerprint density at radius 3 is 2.00 bits per heavy atom. The SMILES string of the molecule is CCN(CN1C(=O)CCC1=O)c1ccc(-c2ccccc2)cc1. The molecule has 1 saturated heterocycles. The van der Waals surface area contributed by atoms with Crippen molar-refractivity contribution in [1.29, 1.82) is 0 Å². The van der Waals surface area contributed by atoms with Crippen molar-refractivity contribution in [2.45, 2.75) is 19.8 Å². The Kier molecular flexibility index (Phi) is 4.42. The standard InChI is InChI=1S/C19H20N2O2/c1-2-20(14-21-18(22)12-13-19(21)23)17-10-8-16(9-11-17)15-6-4-3-5-7-15/h3-11H,2,12-14H2,1H3. The smallest absolute Gasteiger partial charge is 0.231 e. The molecule has 2 aromatic carbocycles. The molecule has 1 aliphatic rings. The van der Waals surface area contributed by atoms with E-state index in [4.69, 9.17) is 0 Å². The fourth-order valence-corrected chi connectivity index (χ4v) is 2.81. The topological polar surface area (TPSA) is 40.6 Å². The maximum Gasteiger partial charge on any atom is 0.231 e. The van der Waals surface area contributed by atoms with Gasteiger partial charge >= 0.3 is 0 Å². The van der Waals surface area contributed by atoms with Crippen molar-refractivity contribution in [3.63, 3.8) is 0 Å². The third-order valence-corrected chi connectivity index (χ3v) is 4.19. The molecule has 4 heteroatoms. The van der Waals surface area contributed by atoms with Crippen molar-refractivity contribution in [3.8, 4) is 11.1 Å². The van der Waals surface area contributed by atoms with E-state index in [1.54, 1.807) is 0 Å². The van der Waals surface area contributed by atoms with Gasteiger partial charge in [-0.25, -0.2) is 0 Å². The average Bonchev–Trinajstić information content (AvgIpc) is 2.92. The normalized spacial score (nSPS) is 14.4. The molecular weight excluding hydrogens is 288 g/mol. The van der Waals surface area contributed by atoms with E-state index in [1.165, 1.54) is 10.5 Å². The van der Waals surface area contributed by atoms with Crippen LogP contribution in [0.15, 0.2) is 54.6 Å². The highest BCUT2D eigenvalue weighted by Crippen LogP contribution is 2.24. The minimum atomic E-state index is -0.0747. The van der Waals surface area contributed by atoms with Gasteiger partial charge in [-0.3, -0.25) is 14.5 Å². The molecule has 4 nitrogen and oxygen atoms in total. The second-order valence-electron chi connectivity index (χ2n) is 5.63. The third kappa shape index (κ3) is 3.26. The molecule has 2 amide bonds.